The second-order valence-electron chi connectivity index (χ2n) is 6.24. The largest absolute Gasteiger partial charge is 0.448 e. The minimum Gasteiger partial charge on any atom is -0.448 e. The van der Waals surface area contributed by atoms with Crippen LogP contribution in [0.2, 0.25) is 0 Å². The molecule has 3 N–H and O–H groups in total. The molecular weight excluding hydrogens is 388 g/mol. The number of hydrazone groups is 1. The molecule has 10 nitrogen and oxygen atoms in total. The van der Waals surface area contributed by atoms with E-state index in [-0.39, 0.29) is 35.9 Å². The standard InChI is InChI=1S/C17H22N4O6S/c1-11(27-17(24)14-7-8-15(22)21(2)20-14)16(23)19-10-9-12-3-5-13(6-4-12)28(18,25)26/h3-6,11H,7-10H2,1-2H3,(H,19,23)(H2,18,25,26). The van der Waals surface area contributed by atoms with E-state index in [9.17, 15) is 22.8 Å². The van der Waals surface area contributed by atoms with Gasteiger partial charge >= 0.3 is 5.97 Å². The van der Waals surface area contributed by atoms with Crippen molar-refractivity contribution < 1.29 is 27.5 Å². The molecule has 11 heteroatoms. The third-order valence-electron chi connectivity index (χ3n) is 4.06. The highest BCUT2D eigenvalue weighted by Crippen LogP contribution is 2.10. The van der Waals surface area contributed by atoms with Gasteiger partial charge in [0.15, 0.2) is 6.10 Å². The molecule has 0 saturated carbocycles. The first kappa shape index (κ1) is 21.5. The van der Waals surface area contributed by atoms with E-state index in [1.807, 2.05) is 0 Å². The molecule has 0 spiro atoms. The number of primary sulfonamides is 1. The molecule has 0 fully saturated rings. The Kier molecular flexibility index (Phi) is 6.86. The Morgan fingerprint density at radius 1 is 1.29 bits per heavy atom. The van der Waals surface area contributed by atoms with Gasteiger partial charge in [0, 0.05) is 26.4 Å². The Morgan fingerprint density at radius 2 is 1.93 bits per heavy atom. The van der Waals surface area contributed by atoms with Crippen LogP contribution in [0, 0.1) is 0 Å². The van der Waals surface area contributed by atoms with Gasteiger partial charge in [-0.25, -0.2) is 23.4 Å². The number of nitrogens with one attached hydrogen (secondary N) is 1. The van der Waals surface area contributed by atoms with Crippen molar-refractivity contribution in [1.82, 2.24) is 10.3 Å². The molecule has 0 bridgehead atoms. The third kappa shape index (κ3) is 5.86. The number of ether oxygens (including phenoxy) is 1. The zero-order valence-corrected chi connectivity index (χ0v) is 16.4. The van der Waals surface area contributed by atoms with E-state index in [4.69, 9.17) is 9.88 Å². The molecule has 152 valence electrons. The minimum absolute atomic E-state index is 0.0128. The zero-order valence-electron chi connectivity index (χ0n) is 15.5. The Balaban J connectivity index is 1.80. The van der Waals surface area contributed by atoms with Crippen LogP contribution in [-0.2, 0) is 35.6 Å². The van der Waals surface area contributed by atoms with Crippen molar-refractivity contribution in [1.29, 1.82) is 0 Å². The molecule has 2 amide bonds. The summed E-state index contributed by atoms with van der Waals surface area (Å²) in [4.78, 5) is 35.5. The number of nitrogens with zero attached hydrogens (tertiary/aromatic N) is 2. The van der Waals surface area contributed by atoms with Gasteiger partial charge in [-0.2, -0.15) is 5.10 Å². The van der Waals surface area contributed by atoms with Gasteiger partial charge in [0.2, 0.25) is 15.9 Å². The van der Waals surface area contributed by atoms with Crippen LogP contribution >= 0.6 is 0 Å². The van der Waals surface area contributed by atoms with Crippen molar-refractivity contribution in [3.05, 3.63) is 29.8 Å². The predicted octanol–water partition coefficient (Wildman–Crippen LogP) is -0.467. The first-order chi connectivity index (χ1) is 13.1. The van der Waals surface area contributed by atoms with Gasteiger partial charge in [0.25, 0.3) is 5.91 Å². The summed E-state index contributed by atoms with van der Waals surface area (Å²) in [5.74, 6) is -1.41. The molecule has 1 aliphatic rings. The fraction of sp³-hybridized carbons (Fsp3) is 0.412. The molecule has 1 aromatic rings. The molecule has 1 heterocycles. The van der Waals surface area contributed by atoms with Crippen LogP contribution in [0.5, 0.6) is 0 Å². The maximum Gasteiger partial charge on any atom is 0.355 e. The average molecular weight is 410 g/mol. The second kappa shape index (κ2) is 8.93. The average Bonchev–Trinajstić information content (AvgIpc) is 2.63. The molecule has 1 unspecified atom stereocenters. The Labute approximate surface area is 162 Å². The Morgan fingerprint density at radius 3 is 2.50 bits per heavy atom. The van der Waals surface area contributed by atoms with Crippen molar-refractivity contribution >= 4 is 33.5 Å². The van der Waals surface area contributed by atoms with Gasteiger partial charge in [0.1, 0.15) is 5.71 Å². The fourth-order valence-corrected chi connectivity index (χ4v) is 2.93. The normalized spacial score (nSPS) is 15.6. The van der Waals surface area contributed by atoms with Crippen LogP contribution in [0.3, 0.4) is 0 Å². The highest BCUT2D eigenvalue weighted by Gasteiger charge is 2.26. The number of hydrogen-bond acceptors (Lipinski definition) is 7. The molecule has 1 aromatic carbocycles. The van der Waals surface area contributed by atoms with Gasteiger partial charge in [-0.1, -0.05) is 12.1 Å². The van der Waals surface area contributed by atoms with E-state index in [0.717, 1.165) is 10.6 Å². The Bertz CT molecular complexity index is 895. The predicted molar refractivity (Wildman–Crippen MR) is 99.5 cm³/mol. The SMILES string of the molecule is CC(OC(=O)C1=NN(C)C(=O)CC1)C(=O)NCCc1ccc(S(N)(=O)=O)cc1. The number of carbonyl (C=O) groups is 3. The molecular formula is C17H22N4O6S. The highest BCUT2D eigenvalue weighted by atomic mass is 32.2. The maximum atomic E-state index is 12.1. The smallest absolute Gasteiger partial charge is 0.355 e. The lowest BCUT2D eigenvalue weighted by molar-refractivity contribution is -0.148. The summed E-state index contributed by atoms with van der Waals surface area (Å²) in [5, 5.41) is 12.6. The number of amides is 2. The van der Waals surface area contributed by atoms with E-state index in [0.29, 0.717) is 6.42 Å². The van der Waals surface area contributed by atoms with E-state index >= 15 is 0 Å². The first-order valence-corrected chi connectivity index (χ1v) is 10.1. The summed E-state index contributed by atoms with van der Waals surface area (Å²) in [5.41, 5.74) is 0.901. The molecule has 0 saturated heterocycles. The zero-order chi connectivity index (χ0) is 20.9. The number of sulfonamides is 1. The van der Waals surface area contributed by atoms with Crippen LogP contribution in [-0.4, -0.2) is 56.6 Å². The van der Waals surface area contributed by atoms with Gasteiger partial charge in [-0.05, 0) is 31.0 Å². The summed E-state index contributed by atoms with van der Waals surface area (Å²) in [6, 6.07) is 6.00. The van der Waals surface area contributed by atoms with Crippen LogP contribution in [0.25, 0.3) is 0 Å². The van der Waals surface area contributed by atoms with Crippen LogP contribution < -0.4 is 10.5 Å². The lowest BCUT2D eigenvalue weighted by atomic mass is 10.1. The van der Waals surface area contributed by atoms with Crippen molar-refractivity contribution in [3.8, 4) is 0 Å². The number of esters is 1. The molecule has 0 aromatic heterocycles. The van der Waals surface area contributed by atoms with Gasteiger partial charge < -0.3 is 10.1 Å². The number of rotatable bonds is 7. The van der Waals surface area contributed by atoms with Crippen LogP contribution in [0.15, 0.2) is 34.3 Å². The first-order valence-electron chi connectivity index (χ1n) is 8.52. The van der Waals surface area contributed by atoms with Crippen LogP contribution in [0.1, 0.15) is 25.3 Å². The van der Waals surface area contributed by atoms with E-state index < -0.39 is 28.0 Å². The summed E-state index contributed by atoms with van der Waals surface area (Å²) in [6.07, 6.45) is -0.236. The maximum absolute atomic E-state index is 12.1. The quantitative estimate of drug-likeness (QED) is 0.581. The number of hydrogen-bond donors (Lipinski definition) is 2. The van der Waals surface area contributed by atoms with E-state index in [1.54, 1.807) is 12.1 Å². The van der Waals surface area contributed by atoms with Gasteiger partial charge in [-0.3, -0.25) is 9.59 Å². The Hall–Kier alpha value is -2.79. The molecule has 1 atom stereocenters. The van der Waals surface area contributed by atoms with Crippen molar-refractivity contribution in [2.24, 2.45) is 10.2 Å². The molecule has 28 heavy (non-hydrogen) atoms. The topological polar surface area (TPSA) is 148 Å². The van der Waals surface area contributed by atoms with Crippen LogP contribution in [0.4, 0.5) is 0 Å². The van der Waals surface area contributed by atoms with Crippen molar-refractivity contribution in [3.63, 3.8) is 0 Å². The summed E-state index contributed by atoms with van der Waals surface area (Å²) < 4.78 is 27.5. The highest BCUT2D eigenvalue weighted by molar-refractivity contribution is 7.89. The molecule has 1 aliphatic heterocycles. The molecule has 0 aliphatic carbocycles. The van der Waals surface area contributed by atoms with E-state index in [1.165, 1.54) is 26.1 Å². The second-order valence-corrected chi connectivity index (χ2v) is 7.80. The third-order valence-corrected chi connectivity index (χ3v) is 4.99. The van der Waals surface area contributed by atoms with Gasteiger partial charge in [-0.15, -0.1) is 0 Å². The number of carbonyl (C=O) groups excluding carboxylic acids is 3. The van der Waals surface area contributed by atoms with Gasteiger partial charge in [0.05, 0.1) is 4.90 Å². The van der Waals surface area contributed by atoms with Crippen molar-refractivity contribution in [2.75, 3.05) is 13.6 Å². The molecule has 0 radical (unpaired) electrons. The summed E-state index contributed by atoms with van der Waals surface area (Å²) in [7, 11) is -2.30. The minimum atomic E-state index is -3.74. The van der Waals surface area contributed by atoms with Crippen molar-refractivity contribution in [2.45, 2.75) is 37.2 Å². The number of nitrogens with two attached hydrogens (primary N) is 1. The van der Waals surface area contributed by atoms with E-state index in [2.05, 4.69) is 10.4 Å². The lowest BCUT2D eigenvalue weighted by Crippen LogP contribution is -2.39. The lowest BCUT2D eigenvalue weighted by Gasteiger charge is -2.20. The summed E-state index contributed by atoms with van der Waals surface area (Å²) in [6.45, 7) is 1.71. The fourth-order valence-electron chi connectivity index (χ4n) is 2.42. The number of benzene rings is 1. The summed E-state index contributed by atoms with van der Waals surface area (Å²) >= 11 is 0. The monoisotopic (exact) mass is 410 g/mol. The molecule has 2 rings (SSSR count).